The maximum atomic E-state index is 12.8. The predicted octanol–water partition coefficient (Wildman–Crippen LogP) is 3.41. The fourth-order valence-corrected chi connectivity index (χ4v) is 5.09. The van der Waals surface area contributed by atoms with Gasteiger partial charge in [0.2, 0.25) is 0 Å². The fourth-order valence-electron chi connectivity index (χ4n) is 5.09. The Morgan fingerprint density at radius 2 is 2.04 bits per heavy atom. The Morgan fingerprint density at radius 1 is 1.31 bits per heavy atom. The lowest BCUT2D eigenvalue weighted by Gasteiger charge is -2.27. The van der Waals surface area contributed by atoms with E-state index in [4.69, 9.17) is 9.47 Å². The first-order chi connectivity index (χ1) is 12.5. The molecule has 0 radical (unpaired) electrons. The Bertz CT molecular complexity index is 697. The minimum absolute atomic E-state index is 0.0384. The Kier molecular flexibility index (Phi) is 4.41. The van der Waals surface area contributed by atoms with Gasteiger partial charge < -0.3 is 14.6 Å². The van der Waals surface area contributed by atoms with Crippen LogP contribution >= 0.6 is 0 Å². The summed E-state index contributed by atoms with van der Waals surface area (Å²) in [7, 11) is 0. The minimum Gasteiger partial charge on any atom is -0.508 e. The van der Waals surface area contributed by atoms with Crippen LogP contribution in [0.25, 0.3) is 0 Å². The minimum atomic E-state index is -0.256. The van der Waals surface area contributed by atoms with Crippen molar-refractivity contribution in [2.75, 3.05) is 0 Å². The van der Waals surface area contributed by atoms with Crippen LogP contribution in [0.4, 0.5) is 0 Å². The van der Waals surface area contributed by atoms with Gasteiger partial charge in [-0.05, 0) is 49.3 Å². The maximum absolute atomic E-state index is 12.8. The van der Waals surface area contributed by atoms with Gasteiger partial charge in [0.15, 0.2) is 0 Å². The zero-order valence-electron chi connectivity index (χ0n) is 15.3. The highest BCUT2D eigenvalue weighted by molar-refractivity contribution is 5.77. The first kappa shape index (κ1) is 17.4. The standard InChI is InChI=1S/C21H26O5/c1-3-12(8-11(2)13-4-6-15(22)7-5-13)20(23)25-18-14-9-16-17(10-14)21(24)26-19(16)18/h4-7,11-12,14,16-19,22H,3,8-10H2,1-2H3. The van der Waals surface area contributed by atoms with Crippen molar-refractivity contribution in [2.24, 2.45) is 23.7 Å². The zero-order chi connectivity index (χ0) is 18.4. The molecule has 1 aliphatic heterocycles. The van der Waals surface area contributed by atoms with Crippen LogP contribution in [0.3, 0.4) is 0 Å². The van der Waals surface area contributed by atoms with Gasteiger partial charge in [0.1, 0.15) is 18.0 Å². The van der Waals surface area contributed by atoms with Gasteiger partial charge in [0.25, 0.3) is 0 Å². The van der Waals surface area contributed by atoms with Crippen molar-refractivity contribution in [3.63, 3.8) is 0 Å². The zero-order valence-corrected chi connectivity index (χ0v) is 15.3. The first-order valence-electron chi connectivity index (χ1n) is 9.67. The quantitative estimate of drug-likeness (QED) is 0.789. The molecule has 7 unspecified atom stereocenters. The summed E-state index contributed by atoms with van der Waals surface area (Å²) in [5.74, 6) is 0.556. The molecule has 5 heteroatoms. The normalized spacial score (nSPS) is 33.8. The molecule has 0 aromatic heterocycles. The molecule has 5 nitrogen and oxygen atoms in total. The predicted molar refractivity (Wildman–Crippen MR) is 94.4 cm³/mol. The SMILES string of the molecule is CCC(CC(C)c1ccc(O)cc1)C(=O)OC1C2CC3C(=O)OC1C3C2. The van der Waals surface area contributed by atoms with Crippen molar-refractivity contribution in [3.05, 3.63) is 29.8 Å². The molecule has 1 N–H and O–H groups in total. The molecule has 4 rings (SSSR count). The van der Waals surface area contributed by atoms with Crippen LogP contribution in [0, 0.1) is 23.7 Å². The summed E-state index contributed by atoms with van der Waals surface area (Å²) in [5.41, 5.74) is 1.10. The molecule has 0 amide bonds. The van der Waals surface area contributed by atoms with Crippen molar-refractivity contribution >= 4 is 11.9 Å². The van der Waals surface area contributed by atoms with Crippen molar-refractivity contribution < 1.29 is 24.2 Å². The lowest BCUT2D eigenvalue weighted by molar-refractivity contribution is -0.166. The lowest BCUT2D eigenvalue weighted by Crippen LogP contribution is -2.37. The van der Waals surface area contributed by atoms with Crippen LogP contribution in [0.1, 0.15) is 51.0 Å². The third kappa shape index (κ3) is 2.87. The number of fused-ring (bicyclic) bond motifs is 1. The second kappa shape index (κ2) is 6.60. The van der Waals surface area contributed by atoms with Gasteiger partial charge in [-0.15, -0.1) is 0 Å². The molecule has 3 fully saturated rings. The molecule has 1 aromatic carbocycles. The molecule has 1 heterocycles. The summed E-state index contributed by atoms with van der Waals surface area (Å²) in [6.07, 6.45) is 2.69. The molecule has 26 heavy (non-hydrogen) atoms. The van der Waals surface area contributed by atoms with Crippen molar-refractivity contribution in [1.82, 2.24) is 0 Å². The van der Waals surface area contributed by atoms with Gasteiger partial charge >= 0.3 is 11.9 Å². The summed E-state index contributed by atoms with van der Waals surface area (Å²) < 4.78 is 11.4. The summed E-state index contributed by atoms with van der Waals surface area (Å²) in [4.78, 5) is 24.6. The molecule has 0 spiro atoms. The average Bonchev–Trinajstić information content (AvgIpc) is 3.25. The van der Waals surface area contributed by atoms with Crippen LogP contribution in [-0.4, -0.2) is 29.3 Å². The highest BCUT2D eigenvalue weighted by Crippen LogP contribution is 2.55. The first-order valence-corrected chi connectivity index (χ1v) is 9.67. The van der Waals surface area contributed by atoms with E-state index >= 15 is 0 Å². The molecule has 7 atom stereocenters. The second-order valence-electron chi connectivity index (χ2n) is 8.14. The van der Waals surface area contributed by atoms with E-state index in [9.17, 15) is 14.7 Å². The fraction of sp³-hybridized carbons (Fsp3) is 0.619. The molecule has 2 bridgehead atoms. The number of aromatic hydroxyl groups is 1. The topological polar surface area (TPSA) is 72.8 Å². The Morgan fingerprint density at radius 3 is 2.73 bits per heavy atom. The molecule has 140 valence electrons. The summed E-state index contributed by atoms with van der Waals surface area (Å²) >= 11 is 0. The van der Waals surface area contributed by atoms with Crippen molar-refractivity contribution in [1.29, 1.82) is 0 Å². The molecule has 2 saturated carbocycles. The average molecular weight is 358 g/mol. The molecule has 1 aromatic rings. The van der Waals surface area contributed by atoms with Crippen LogP contribution in [0.15, 0.2) is 24.3 Å². The molecular formula is C21H26O5. The Hall–Kier alpha value is -2.04. The summed E-state index contributed by atoms with van der Waals surface area (Å²) in [5, 5.41) is 9.43. The molecule has 2 aliphatic carbocycles. The Labute approximate surface area is 153 Å². The van der Waals surface area contributed by atoms with Gasteiger partial charge in [0.05, 0.1) is 11.8 Å². The Balaban J connectivity index is 1.39. The van der Waals surface area contributed by atoms with Gasteiger partial charge in [-0.2, -0.15) is 0 Å². The van der Waals surface area contributed by atoms with Crippen molar-refractivity contribution in [3.8, 4) is 5.75 Å². The number of ether oxygens (including phenoxy) is 2. The van der Waals surface area contributed by atoms with E-state index in [1.54, 1.807) is 12.1 Å². The maximum Gasteiger partial charge on any atom is 0.309 e. The van der Waals surface area contributed by atoms with E-state index in [0.29, 0.717) is 6.42 Å². The highest BCUT2D eigenvalue weighted by atomic mass is 16.6. The van der Waals surface area contributed by atoms with E-state index in [2.05, 4.69) is 6.92 Å². The number of esters is 2. The number of carbonyl (C=O) groups excluding carboxylic acids is 2. The third-order valence-electron chi connectivity index (χ3n) is 6.59. The number of hydrogen-bond acceptors (Lipinski definition) is 5. The van der Waals surface area contributed by atoms with Crippen LogP contribution in [0.5, 0.6) is 5.75 Å². The number of benzene rings is 1. The van der Waals surface area contributed by atoms with E-state index in [0.717, 1.165) is 24.8 Å². The largest absolute Gasteiger partial charge is 0.508 e. The third-order valence-corrected chi connectivity index (χ3v) is 6.59. The number of phenolic OH excluding ortho intramolecular Hbond substituents is 1. The lowest BCUT2D eigenvalue weighted by atomic mass is 9.87. The van der Waals surface area contributed by atoms with E-state index < -0.39 is 0 Å². The molecule has 1 saturated heterocycles. The molecule has 3 aliphatic rings. The second-order valence-corrected chi connectivity index (χ2v) is 8.14. The summed E-state index contributed by atoms with van der Waals surface area (Å²) in [6, 6.07) is 7.13. The number of phenols is 1. The van der Waals surface area contributed by atoms with E-state index in [1.807, 2.05) is 19.1 Å². The van der Waals surface area contributed by atoms with Crippen LogP contribution < -0.4 is 0 Å². The van der Waals surface area contributed by atoms with E-state index in [1.165, 1.54) is 0 Å². The number of carbonyl (C=O) groups is 2. The number of rotatable bonds is 6. The van der Waals surface area contributed by atoms with Crippen LogP contribution in [0.2, 0.25) is 0 Å². The van der Waals surface area contributed by atoms with Gasteiger partial charge in [-0.1, -0.05) is 26.0 Å². The van der Waals surface area contributed by atoms with E-state index in [-0.39, 0.29) is 59.5 Å². The monoisotopic (exact) mass is 358 g/mol. The van der Waals surface area contributed by atoms with Gasteiger partial charge in [-0.25, -0.2) is 0 Å². The molecular weight excluding hydrogens is 332 g/mol. The summed E-state index contributed by atoms with van der Waals surface area (Å²) in [6.45, 7) is 4.09. The van der Waals surface area contributed by atoms with Crippen molar-refractivity contribution in [2.45, 2.75) is 57.7 Å². The van der Waals surface area contributed by atoms with Gasteiger partial charge in [0, 0.05) is 11.8 Å². The van der Waals surface area contributed by atoms with Crippen LogP contribution in [-0.2, 0) is 19.1 Å². The number of hydrogen-bond donors (Lipinski definition) is 1. The smallest absolute Gasteiger partial charge is 0.309 e. The highest BCUT2D eigenvalue weighted by Gasteiger charge is 2.63. The van der Waals surface area contributed by atoms with Gasteiger partial charge in [-0.3, -0.25) is 9.59 Å².